The molecule has 2 rings (SSSR count). The van der Waals surface area contributed by atoms with Crippen molar-refractivity contribution in [1.29, 1.82) is 0 Å². The van der Waals surface area contributed by atoms with E-state index in [9.17, 15) is 9.90 Å². The fourth-order valence-electron chi connectivity index (χ4n) is 1.75. The molecule has 1 N–H and O–H groups in total. The molecule has 0 bridgehead atoms. The number of carbonyl (C=O) groups excluding carboxylic acids is 1. The Balaban J connectivity index is 2.07. The van der Waals surface area contributed by atoms with Crippen LogP contribution in [0.4, 0.5) is 0 Å². The van der Waals surface area contributed by atoms with Crippen LogP contribution in [0.15, 0.2) is 5.51 Å². The van der Waals surface area contributed by atoms with Crippen molar-refractivity contribution >= 4 is 17.2 Å². The molecule has 0 radical (unpaired) electrons. The summed E-state index contributed by atoms with van der Waals surface area (Å²) >= 11 is 1.31. The molecule has 0 aromatic carbocycles. The van der Waals surface area contributed by atoms with Gasteiger partial charge in [0.15, 0.2) is 0 Å². The zero-order valence-corrected chi connectivity index (χ0v) is 10.1. The van der Waals surface area contributed by atoms with Crippen LogP contribution in [0.3, 0.4) is 0 Å². The molecule has 1 saturated heterocycles. The minimum Gasteiger partial charge on any atom is -0.386 e. The van der Waals surface area contributed by atoms with Crippen LogP contribution in [-0.2, 0) is 11.3 Å². The van der Waals surface area contributed by atoms with E-state index in [4.69, 9.17) is 4.74 Å². The first kappa shape index (κ1) is 11.5. The van der Waals surface area contributed by atoms with Gasteiger partial charge >= 0.3 is 0 Å². The molecule has 0 atom stereocenters. The van der Waals surface area contributed by atoms with E-state index in [0.717, 1.165) is 0 Å². The number of thiazole rings is 1. The summed E-state index contributed by atoms with van der Waals surface area (Å²) in [6, 6.07) is 0. The Labute approximate surface area is 97.7 Å². The minimum atomic E-state index is -0.734. The summed E-state index contributed by atoms with van der Waals surface area (Å²) in [4.78, 5) is 18.3. The van der Waals surface area contributed by atoms with E-state index >= 15 is 0 Å². The Bertz CT molecular complexity index is 395. The Kier molecular flexibility index (Phi) is 2.96. The van der Waals surface area contributed by atoms with Gasteiger partial charge in [-0.25, -0.2) is 4.98 Å². The summed E-state index contributed by atoms with van der Waals surface area (Å²) in [7, 11) is 1.57. The van der Waals surface area contributed by atoms with Crippen molar-refractivity contribution in [2.24, 2.45) is 0 Å². The van der Waals surface area contributed by atoms with Gasteiger partial charge in [0.2, 0.25) is 0 Å². The topological polar surface area (TPSA) is 62.7 Å². The van der Waals surface area contributed by atoms with Gasteiger partial charge < -0.3 is 14.7 Å². The second-order valence-corrected chi connectivity index (χ2v) is 5.07. The van der Waals surface area contributed by atoms with Gasteiger partial charge in [0.25, 0.3) is 5.91 Å². The first-order chi connectivity index (χ1) is 7.53. The summed E-state index contributed by atoms with van der Waals surface area (Å²) in [5.41, 5.74) is 1.57. The predicted octanol–water partition coefficient (Wildman–Crippen LogP) is 0.496. The Morgan fingerprint density at radius 1 is 1.75 bits per heavy atom. The fraction of sp³-hybridized carbons (Fsp3) is 0.600. The Morgan fingerprint density at radius 3 is 3.00 bits per heavy atom. The number of rotatable bonds is 3. The van der Waals surface area contributed by atoms with Gasteiger partial charge in [-0.1, -0.05) is 0 Å². The minimum absolute atomic E-state index is 0.0684. The molecule has 0 aliphatic carbocycles. The highest BCUT2D eigenvalue weighted by atomic mass is 32.1. The highest BCUT2D eigenvalue weighted by Gasteiger charge is 2.40. The Hall–Kier alpha value is -0.980. The maximum atomic E-state index is 12.0. The third-order valence-electron chi connectivity index (χ3n) is 2.47. The molecule has 2 heterocycles. The highest BCUT2D eigenvalue weighted by Crippen LogP contribution is 2.25. The first-order valence-electron chi connectivity index (χ1n) is 4.96. The number of aliphatic hydroxyl groups is 1. The van der Waals surface area contributed by atoms with Crippen molar-refractivity contribution in [2.45, 2.75) is 19.1 Å². The number of ether oxygens (including phenoxy) is 1. The number of aromatic nitrogens is 1. The fourth-order valence-corrected chi connectivity index (χ4v) is 2.51. The van der Waals surface area contributed by atoms with Gasteiger partial charge in [0.05, 0.1) is 36.5 Å². The second kappa shape index (κ2) is 4.12. The lowest BCUT2D eigenvalue weighted by Gasteiger charge is -2.43. The molecule has 0 saturated carbocycles. The zero-order valence-electron chi connectivity index (χ0n) is 9.27. The molecule has 1 aliphatic heterocycles. The second-order valence-electron chi connectivity index (χ2n) is 4.22. The number of nitrogens with zero attached hydrogens (tertiary/aromatic N) is 2. The van der Waals surface area contributed by atoms with E-state index in [1.807, 2.05) is 0 Å². The van der Waals surface area contributed by atoms with E-state index in [-0.39, 0.29) is 5.91 Å². The van der Waals surface area contributed by atoms with Crippen LogP contribution in [-0.4, -0.2) is 46.7 Å². The van der Waals surface area contributed by atoms with Gasteiger partial charge in [-0.15, -0.1) is 11.3 Å². The number of methoxy groups -OCH3 is 1. The van der Waals surface area contributed by atoms with Crippen LogP contribution in [0.2, 0.25) is 0 Å². The highest BCUT2D eigenvalue weighted by molar-refractivity contribution is 7.11. The molecule has 6 heteroatoms. The number of hydrogen-bond acceptors (Lipinski definition) is 5. The van der Waals surface area contributed by atoms with Crippen molar-refractivity contribution in [2.75, 3.05) is 20.2 Å². The quantitative estimate of drug-likeness (QED) is 0.838. The Morgan fingerprint density at radius 2 is 2.44 bits per heavy atom. The van der Waals surface area contributed by atoms with Gasteiger partial charge in [-0.2, -0.15) is 0 Å². The van der Waals surface area contributed by atoms with Crippen molar-refractivity contribution in [3.8, 4) is 0 Å². The van der Waals surface area contributed by atoms with Crippen molar-refractivity contribution in [1.82, 2.24) is 9.88 Å². The van der Waals surface area contributed by atoms with Crippen LogP contribution in [0, 0.1) is 0 Å². The number of amides is 1. The summed E-state index contributed by atoms with van der Waals surface area (Å²) in [6.07, 6.45) is 0. The summed E-state index contributed by atoms with van der Waals surface area (Å²) in [5.74, 6) is -0.0684. The van der Waals surface area contributed by atoms with E-state index in [1.165, 1.54) is 11.3 Å². The van der Waals surface area contributed by atoms with Gasteiger partial charge in [0, 0.05) is 7.11 Å². The number of likely N-dealkylation sites (tertiary alicyclic amines) is 1. The summed E-state index contributed by atoms with van der Waals surface area (Å²) in [5, 5.41) is 9.57. The largest absolute Gasteiger partial charge is 0.386 e. The number of carbonyl (C=O) groups is 1. The maximum absolute atomic E-state index is 12.0. The molecule has 1 aliphatic rings. The maximum Gasteiger partial charge on any atom is 0.266 e. The molecule has 0 spiro atoms. The van der Waals surface area contributed by atoms with E-state index < -0.39 is 5.60 Å². The molecule has 88 valence electrons. The number of β-amino-alcohol motifs (C(OH)–C–C–N with tert-alkyl or cyclic N) is 1. The van der Waals surface area contributed by atoms with Crippen molar-refractivity contribution in [3.05, 3.63) is 16.1 Å². The molecule has 5 nitrogen and oxygen atoms in total. The standard InChI is InChI=1S/C10H14N2O3S/c1-10(14)4-12(5-10)9(13)8-7(3-15-2)11-6-16-8/h6,14H,3-5H2,1-2H3. The van der Waals surface area contributed by atoms with Gasteiger partial charge in [0.1, 0.15) is 4.88 Å². The summed E-state index contributed by atoms with van der Waals surface area (Å²) < 4.78 is 4.97. The van der Waals surface area contributed by atoms with Crippen LogP contribution < -0.4 is 0 Å². The molecular formula is C10H14N2O3S. The van der Waals surface area contributed by atoms with Crippen molar-refractivity contribution in [3.63, 3.8) is 0 Å². The van der Waals surface area contributed by atoms with Crippen LogP contribution in [0.5, 0.6) is 0 Å². The lowest BCUT2D eigenvalue weighted by molar-refractivity contribution is -0.0667. The first-order valence-corrected chi connectivity index (χ1v) is 5.84. The lowest BCUT2D eigenvalue weighted by Crippen LogP contribution is -2.61. The molecule has 1 fully saturated rings. The van der Waals surface area contributed by atoms with Crippen LogP contribution in [0.25, 0.3) is 0 Å². The average Bonchev–Trinajstić information content (AvgIpc) is 2.62. The monoisotopic (exact) mass is 242 g/mol. The molecule has 1 aromatic heterocycles. The van der Waals surface area contributed by atoms with Crippen LogP contribution >= 0.6 is 11.3 Å². The normalized spacial score (nSPS) is 18.3. The van der Waals surface area contributed by atoms with E-state index in [2.05, 4.69) is 4.98 Å². The molecular weight excluding hydrogens is 228 g/mol. The predicted molar refractivity (Wildman–Crippen MR) is 59.4 cm³/mol. The third kappa shape index (κ3) is 2.09. The van der Waals surface area contributed by atoms with Crippen LogP contribution in [0.1, 0.15) is 22.3 Å². The SMILES string of the molecule is COCc1ncsc1C(=O)N1CC(C)(O)C1. The third-order valence-corrected chi connectivity index (χ3v) is 3.32. The molecule has 16 heavy (non-hydrogen) atoms. The molecule has 1 aromatic rings. The number of hydrogen-bond donors (Lipinski definition) is 1. The molecule has 0 unspecified atom stereocenters. The average molecular weight is 242 g/mol. The molecule has 1 amide bonds. The smallest absolute Gasteiger partial charge is 0.266 e. The van der Waals surface area contributed by atoms with E-state index in [1.54, 1.807) is 24.4 Å². The summed E-state index contributed by atoms with van der Waals surface area (Å²) in [6.45, 7) is 2.83. The van der Waals surface area contributed by atoms with Crippen molar-refractivity contribution < 1.29 is 14.6 Å². The van der Waals surface area contributed by atoms with Gasteiger partial charge in [-0.05, 0) is 6.92 Å². The van der Waals surface area contributed by atoms with E-state index in [0.29, 0.717) is 30.3 Å². The zero-order chi connectivity index (χ0) is 11.8. The van der Waals surface area contributed by atoms with Gasteiger partial charge in [-0.3, -0.25) is 4.79 Å². The lowest BCUT2D eigenvalue weighted by atomic mass is 9.97.